The molecule has 4 nitrogen and oxygen atoms in total. The predicted molar refractivity (Wildman–Crippen MR) is 109 cm³/mol. The van der Waals surface area contributed by atoms with Gasteiger partial charge >= 0.3 is 0 Å². The quantitative estimate of drug-likeness (QED) is 0.575. The molecule has 0 aliphatic rings. The van der Waals surface area contributed by atoms with Crippen LogP contribution in [0.1, 0.15) is 4.88 Å². The molecule has 0 atom stereocenters. The van der Waals surface area contributed by atoms with E-state index in [1.165, 1.54) is 11.3 Å². The number of nitrogens with zero attached hydrogens (tertiary/aromatic N) is 3. The van der Waals surface area contributed by atoms with Gasteiger partial charge in [0.2, 0.25) is 0 Å². The molecule has 25 heavy (non-hydrogen) atoms. The van der Waals surface area contributed by atoms with Crippen LogP contribution in [0.15, 0.2) is 41.8 Å². The van der Waals surface area contributed by atoms with E-state index < -0.39 is 0 Å². The Morgan fingerprint density at radius 3 is 2.84 bits per heavy atom. The summed E-state index contributed by atoms with van der Waals surface area (Å²) in [4.78, 5) is 22.2. The van der Waals surface area contributed by atoms with Crippen molar-refractivity contribution in [3.63, 3.8) is 0 Å². The number of anilines is 1. The van der Waals surface area contributed by atoms with Crippen LogP contribution in [0.25, 0.3) is 16.3 Å². The van der Waals surface area contributed by atoms with Crippen molar-refractivity contribution in [1.29, 1.82) is 0 Å². The van der Waals surface area contributed by atoms with Gasteiger partial charge in [-0.2, -0.15) is 0 Å². The van der Waals surface area contributed by atoms with Crippen LogP contribution in [0.5, 0.6) is 0 Å². The van der Waals surface area contributed by atoms with Gasteiger partial charge in [0.25, 0.3) is 5.91 Å². The molecule has 0 aliphatic carbocycles. The number of hydrogen-bond donors (Lipinski definition) is 0. The summed E-state index contributed by atoms with van der Waals surface area (Å²) in [6.45, 7) is 1.34. The number of halogens is 1. The molecule has 7 heteroatoms. The molecule has 3 rings (SSSR count). The van der Waals surface area contributed by atoms with Crippen LogP contribution < -0.4 is 4.90 Å². The molecule has 0 aliphatic heterocycles. The van der Waals surface area contributed by atoms with Crippen LogP contribution in [0.3, 0.4) is 0 Å². The summed E-state index contributed by atoms with van der Waals surface area (Å²) < 4.78 is 0.979. The molecule has 130 valence electrons. The van der Waals surface area contributed by atoms with E-state index in [-0.39, 0.29) is 5.91 Å². The average Bonchev–Trinajstić information content (AvgIpc) is 3.21. The van der Waals surface area contributed by atoms with E-state index >= 15 is 0 Å². The van der Waals surface area contributed by atoms with Crippen molar-refractivity contribution in [2.75, 3.05) is 32.1 Å². The summed E-state index contributed by atoms with van der Waals surface area (Å²) in [5, 5.41) is 3.36. The SMILES string of the molecule is CN(C)CCN(C(=O)/C=C/c1cccs1)c1nc2ccc(Cl)cc2s1. The molecule has 0 unspecified atom stereocenters. The van der Waals surface area contributed by atoms with Crippen LogP contribution in [0.2, 0.25) is 5.02 Å². The van der Waals surface area contributed by atoms with Crippen molar-refractivity contribution in [1.82, 2.24) is 9.88 Å². The number of thiazole rings is 1. The first-order chi connectivity index (χ1) is 12.0. The van der Waals surface area contributed by atoms with E-state index in [9.17, 15) is 4.79 Å². The lowest BCUT2D eigenvalue weighted by molar-refractivity contribution is -0.114. The Morgan fingerprint density at radius 2 is 2.12 bits per heavy atom. The summed E-state index contributed by atoms with van der Waals surface area (Å²) in [6.07, 6.45) is 3.46. The highest BCUT2D eigenvalue weighted by Gasteiger charge is 2.18. The van der Waals surface area contributed by atoms with E-state index in [4.69, 9.17) is 11.6 Å². The molecule has 0 fully saturated rings. The number of rotatable bonds is 6. The second-order valence-corrected chi connectivity index (χ2v) is 8.18. The van der Waals surface area contributed by atoms with Crippen molar-refractivity contribution in [2.24, 2.45) is 0 Å². The van der Waals surface area contributed by atoms with E-state index in [1.54, 1.807) is 22.3 Å². The van der Waals surface area contributed by atoms with E-state index in [0.717, 1.165) is 21.6 Å². The van der Waals surface area contributed by atoms with Crippen molar-refractivity contribution in [2.45, 2.75) is 0 Å². The number of aromatic nitrogens is 1. The second-order valence-electron chi connectivity index (χ2n) is 5.75. The first kappa shape index (κ1) is 18.1. The van der Waals surface area contributed by atoms with Gasteiger partial charge in [-0.1, -0.05) is 29.0 Å². The second kappa shape index (κ2) is 8.10. The van der Waals surface area contributed by atoms with Crippen molar-refractivity contribution in [3.05, 3.63) is 51.7 Å². The van der Waals surface area contributed by atoms with Gasteiger partial charge in [0.1, 0.15) is 0 Å². The van der Waals surface area contributed by atoms with Crippen LogP contribution in [0.4, 0.5) is 5.13 Å². The smallest absolute Gasteiger partial charge is 0.252 e. The number of benzene rings is 1. The van der Waals surface area contributed by atoms with Crippen LogP contribution >= 0.6 is 34.3 Å². The molecule has 3 aromatic rings. The van der Waals surface area contributed by atoms with Gasteiger partial charge < -0.3 is 4.90 Å². The standard InChI is InChI=1S/C18H18ClN3OS2/c1-21(2)9-10-22(17(23)8-6-14-4-3-11-24-14)18-20-15-7-5-13(19)12-16(15)25-18/h3-8,11-12H,9-10H2,1-2H3/b8-6+. The lowest BCUT2D eigenvalue weighted by atomic mass is 10.3. The normalized spacial score (nSPS) is 11.7. The summed E-state index contributed by atoms with van der Waals surface area (Å²) in [5.74, 6) is -0.0691. The Morgan fingerprint density at radius 1 is 1.28 bits per heavy atom. The molecular weight excluding hydrogens is 374 g/mol. The van der Waals surface area contributed by atoms with Gasteiger partial charge in [-0.05, 0) is 49.8 Å². The van der Waals surface area contributed by atoms with Crippen LogP contribution in [0, 0.1) is 0 Å². The van der Waals surface area contributed by atoms with Gasteiger partial charge in [-0.3, -0.25) is 9.69 Å². The van der Waals surface area contributed by atoms with Gasteiger partial charge in [0.05, 0.1) is 10.2 Å². The highest BCUT2D eigenvalue weighted by molar-refractivity contribution is 7.22. The molecule has 1 aromatic carbocycles. The first-order valence-electron chi connectivity index (χ1n) is 7.77. The third-order valence-corrected chi connectivity index (χ3v) is 5.65. The summed E-state index contributed by atoms with van der Waals surface area (Å²) >= 11 is 9.15. The monoisotopic (exact) mass is 391 g/mol. The number of carbonyl (C=O) groups is 1. The predicted octanol–water partition coefficient (Wildman–Crippen LogP) is 4.62. The fourth-order valence-electron chi connectivity index (χ4n) is 2.23. The Bertz CT molecular complexity index is 887. The minimum atomic E-state index is -0.0691. The lowest BCUT2D eigenvalue weighted by Crippen LogP contribution is -2.35. The van der Waals surface area contributed by atoms with Crippen LogP contribution in [-0.4, -0.2) is 43.0 Å². The zero-order chi connectivity index (χ0) is 17.8. The summed E-state index contributed by atoms with van der Waals surface area (Å²) in [7, 11) is 3.98. The molecule has 2 heterocycles. The summed E-state index contributed by atoms with van der Waals surface area (Å²) in [5.41, 5.74) is 0.856. The van der Waals surface area contributed by atoms with Crippen molar-refractivity contribution in [3.8, 4) is 0 Å². The topological polar surface area (TPSA) is 36.4 Å². The number of carbonyl (C=O) groups excluding carboxylic acids is 1. The molecular formula is C18H18ClN3OS2. The fourth-order valence-corrected chi connectivity index (χ4v) is 4.12. The first-order valence-corrected chi connectivity index (χ1v) is 9.84. The molecule has 0 spiro atoms. The number of amides is 1. The van der Waals surface area contributed by atoms with E-state index in [1.807, 2.05) is 60.8 Å². The minimum absolute atomic E-state index is 0.0691. The Kier molecular flexibility index (Phi) is 5.86. The third kappa shape index (κ3) is 4.67. The molecule has 0 bridgehead atoms. The zero-order valence-electron chi connectivity index (χ0n) is 14.0. The molecule has 2 aromatic heterocycles. The molecule has 0 N–H and O–H groups in total. The van der Waals surface area contributed by atoms with E-state index in [0.29, 0.717) is 16.7 Å². The maximum Gasteiger partial charge on any atom is 0.252 e. The van der Waals surface area contributed by atoms with Gasteiger partial charge in [0.15, 0.2) is 5.13 Å². The molecule has 0 saturated carbocycles. The maximum absolute atomic E-state index is 12.8. The number of fused-ring (bicyclic) bond motifs is 1. The highest BCUT2D eigenvalue weighted by Crippen LogP contribution is 2.31. The maximum atomic E-state index is 12.8. The largest absolute Gasteiger partial charge is 0.308 e. The Hall–Kier alpha value is -1.73. The number of likely N-dealkylation sites (N-methyl/N-ethyl adjacent to an activating group) is 1. The average molecular weight is 392 g/mol. The van der Waals surface area contributed by atoms with Gasteiger partial charge in [-0.25, -0.2) is 4.98 Å². The van der Waals surface area contributed by atoms with Gasteiger partial charge in [0, 0.05) is 29.1 Å². The van der Waals surface area contributed by atoms with Crippen molar-refractivity contribution >= 4 is 61.6 Å². The summed E-state index contributed by atoms with van der Waals surface area (Å²) in [6, 6.07) is 9.53. The van der Waals surface area contributed by atoms with E-state index in [2.05, 4.69) is 4.98 Å². The third-order valence-electron chi connectivity index (χ3n) is 3.54. The van der Waals surface area contributed by atoms with Crippen LogP contribution in [-0.2, 0) is 4.79 Å². The Labute approximate surface area is 160 Å². The highest BCUT2D eigenvalue weighted by atomic mass is 35.5. The lowest BCUT2D eigenvalue weighted by Gasteiger charge is -2.20. The number of thiophene rings is 1. The van der Waals surface area contributed by atoms with Gasteiger partial charge in [-0.15, -0.1) is 11.3 Å². The minimum Gasteiger partial charge on any atom is -0.308 e. The fraction of sp³-hybridized carbons (Fsp3) is 0.222. The Balaban J connectivity index is 1.88. The zero-order valence-corrected chi connectivity index (χ0v) is 16.4. The molecule has 0 saturated heterocycles. The van der Waals surface area contributed by atoms with Crippen molar-refractivity contribution < 1.29 is 4.79 Å². The molecule has 1 amide bonds. The number of hydrogen-bond acceptors (Lipinski definition) is 5. The molecule has 0 radical (unpaired) electrons.